The SMILES string of the molecule is C[C@H]1COCCN1c1nc(N2CCOC[C@@H]2C)c2ccc(-c3cccc(-c4ccccc4N)c3)nc2n1. The van der Waals surface area contributed by atoms with Gasteiger partial charge in [-0.05, 0) is 43.7 Å². The second-order valence-electron chi connectivity index (χ2n) is 9.82. The van der Waals surface area contributed by atoms with Gasteiger partial charge in [0, 0.05) is 29.9 Å². The van der Waals surface area contributed by atoms with E-state index >= 15 is 0 Å². The second-order valence-corrected chi connectivity index (χ2v) is 9.82. The number of nitrogens with zero attached hydrogens (tertiary/aromatic N) is 5. The van der Waals surface area contributed by atoms with Crippen molar-refractivity contribution in [1.82, 2.24) is 15.0 Å². The van der Waals surface area contributed by atoms with Gasteiger partial charge in [-0.25, -0.2) is 4.98 Å². The molecule has 4 aromatic rings. The maximum atomic E-state index is 6.25. The summed E-state index contributed by atoms with van der Waals surface area (Å²) in [6.07, 6.45) is 0. The number of benzene rings is 2. The molecule has 2 aromatic heterocycles. The van der Waals surface area contributed by atoms with Gasteiger partial charge >= 0.3 is 0 Å². The Balaban J connectivity index is 1.47. The van der Waals surface area contributed by atoms with E-state index in [0.717, 1.165) is 52.4 Å². The van der Waals surface area contributed by atoms with Crippen molar-refractivity contribution in [1.29, 1.82) is 0 Å². The molecule has 2 N–H and O–H groups in total. The lowest BCUT2D eigenvalue weighted by molar-refractivity contribution is 0.0973. The fourth-order valence-electron chi connectivity index (χ4n) is 5.16. The molecule has 2 fully saturated rings. The molecular formula is C29H32N6O2. The number of rotatable bonds is 4. The van der Waals surface area contributed by atoms with Gasteiger partial charge in [0.1, 0.15) is 5.82 Å². The number of nitrogen functional groups attached to an aromatic ring is 1. The molecule has 8 heteroatoms. The third kappa shape index (κ3) is 4.58. The molecule has 0 spiro atoms. The van der Waals surface area contributed by atoms with Gasteiger partial charge in [0.2, 0.25) is 5.95 Å². The number of aromatic nitrogens is 3. The van der Waals surface area contributed by atoms with Gasteiger partial charge in [0.05, 0.1) is 49.6 Å². The number of hydrogen-bond donors (Lipinski definition) is 1. The molecule has 4 heterocycles. The van der Waals surface area contributed by atoms with E-state index in [9.17, 15) is 0 Å². The molecule has 0 bridgehead atoms. The maximum absolute atomic E-state index is 6.25. The Morgan fingerprint density at radius 2 is 1.51 bits per heavy atom. The highest BCUT2D eigenvalue weighted by Crippen LogP contribution is 2.33. The van der Waals surface area contributed by atoms with E-state index in [4.69, 9.17) is 30.2 Å². The van der Waals surface area contributed by atoms with Crippen molar-refractivity contribution < 1.29 is 9.47 Å². The van der Waals surface area contributed by atoms with Crippen molar-refractivity contribution in [2.24, 2.45) is 0 Å². The van der Waals surface area contributed by atoms with E-state index in [0.29, 0.717) is 38.0 Å². The van der Waals surface area contributed by atoms with Crippen molar-refractivity contribution in [3.63, 3.8) is 0 Å². The Hall–Kier alpha value is -3.75. The van der Waals surface area contributed by atoms with Crippen LogP contribution in [0.1, 0.15) is 13.8 Å². The second kappa shape index (κ2) is 9.95. The average Bonchev–Trinajstić information content (AvgIpc) is 2.93. The van der Waals surface area contributed by atoms with E-state index in [2.05, 4.69) is 54.0 Å². The van der Waals surface area contributed by atoms with Crippen molar-refractivity contribution >= 4 is 28.5 Å². The molecule has 2 atom stereocenters. The van der Waals surface area contributed by atoms with Crippen LogP contribution in [-0.2, 0) is 9.47 Å². The molecule has 0 amide bonds. The van der Waals surface area contributed by atoms with Gasteiger partial charge in [-0.1, -0.05) is 36.4 Å². The lowest BCUT2D eigenvalue weighted by Gasteiger charge is -2.37. The molecule has 2 aliphatic rings. The first kappa shape index (κ1) is 23.6. The largest absolute Gasteiger partial charge is 0.398 e. The van der Waals surface area contributed by atoms with E-state index in [1.54, 1.807) is 0 Å². The van der Waals surface area contributed by atoms with Crippen molar-refractivity contribution in [3.8, 4) is 22.4 Å². The monoisotopic (exact) mass is 496 g/mol. The van der Waals surface area contributed by atoms with Crippen LogP contribution in [0.2, 0.25) is 0 Å². The molecule has 0 aliphatic carbocycles. The molecule has 6 rings (SSSR count). The molecule has 0 unspecified atom stereocenters. The minimum absolute atomic E-state index is 0.192. The number of fused-ring (bicyclic) bond motifs is 1. The Labute approximate surface area is 217 Å². The predicted molar refractivity (Wildman–Crippen MR) is 148 cm³/mol. The van der Waals surface area contributed by atoms with E-state index in [1.165, 1.54) is 0 Å². The number of pyridine rings is 1. The first-order valence-electron chi connectivity index (χ1n) is 12.9. The molecular weight excluding hydrogens is 464 g/mol. The number of para-hydroxylation sites is 1. The Morgan fingerprint density at radius 3 is 2.27 bits per heavy atom. The fraction of sp³-hybridized carbons (Fsp3) is 0.345. The van der Waals surface area contributed by atoms with Crippen molar-refractivity contribution in [2.75, 3.05) is 55.1 Å². The summed E-state index contributed by atoms with van der Waals surface area (Å²) in [7, 11) is 0. The highest BCUT2D eigenvalue weighted by atomic mass is 16.5. The molecule has 2 saturated heterocycles. The van der Waals surface area contributed by atoms with E-state index in [1.807, 2.05) is 30.3 Å². The van der Waals surface area contributed by atoms with Crippen LogP contribution in [0, 0.1) is 0 Å². The van der Waals surface area contributed by atoms with Gasteiger partial charge in [-0.15, -0.1) is 0 Å². The normalized spacial score (nSPS) is 20.4. The summed E-state index contributed by atoms with van der Waals surface area (Å²) in [4.78, 5) is 19.7. The zero-order valence-corrected chi connectivity index (χ0v) is 21.3. The summed E-state index contributed by atoms with van der Waals surface area (Å²) in [5, 5.41) is 0.950. The summed E-state index contributed by atoms with van der Waals surface area (Å²) < 4.78 is 11.4. The van der Waals surface area contributed by atoms with Crippen LogP contribution in [0.5, 0.6) is 0 Å². The van der Waals surface area contributed by atoms with Crippen LogP contribution < -0.4 is 15.5 Å². The standard InChI is InChI=1S/C29H32N6O2/c1-19-17-36-14-12-34(19)28-24-10-11-26(22-7-5-6-21(16-22)23-8-3-4-9-25(23)30)31-27(24)32-29(33-28)35-13-15-37-18-20(35)2/h3-11,16,19-20H,12-15,17-18,30H2,1-2H3/t19-,20-/m0/s1. The minimum Gasteiger partial charge on any atom is -0.398 e. The minimum atomic E-state index is 0.192. The van der Waals surface area contributed by atoms with Crippen LogP contribution in [0.3, 0.4) is 0 Å². The van der Waals surface area contributed by atoms with Crippen LogP contribution >= 0.6 is 0 Å². The fourth-order valence-corrected chi connectivity index (χ4v) is 5.16. The number of morpholine rings is 2. The van der Waals surface area contributed by atoms with Gasteiger partial charge in [0.15, 0.2) is 5.65 Å². The Bertz CT molecular complexity index is 1430. The Morgan fingerprint density at radius 1 is 0.784 bits per heavy atom. The molecule has 2 aromatic carbocycles. The van der Waals surface area contributed by atoms with E-state index < -0.39 is 0 Å². The predicted octanol–water partition coefficient (Wildman–Crippen LogP) is 4.39. The molecule has 0 radical (unpaired) electrons. The first-order valence-corrected chi connectivity index (χ1v) is 12.9. The van der Waals surface area contributed by atoms with Crippen LogP contribution in [0.4, 0.5) is 17.5 Å². The lowest BCUT2D eigenvalue weighted by atomic mass is 10.00. The topological polar surface area (TPSA) is 89.6 Å². The summed E-state index contributed by atoms with van der Waals surface area (Å²) in [6.45, 7) is 8.54. The van der Waals surface area contributed by atoms with Crippen molar-refractivity contribution in [3.05, 3.63) is 60.7 Å². The first-order chi connectivity index (χ1) is 18.1. The Kier molecular flexibility index (Phi) is 6.36. The zero-order valence-electron chi connectivity index (χ0n) is 21.3. The zero-order chi connectivity index (χ0) is 25.4. The molecule has 190 valence electrons. The van der Waals surface area contributed by atoms with Gasteiger partial charge in [0.25, 0.3) is 0 Å². The van der Waals surface area contributed by atoms with Gasteiger partial charge in [-0.2, -0.15) is 9.97 Å². The summed E-state index contributed by atoms with van der Waals surface area (Å²) in [5.74, 6) is 1.62. The van der Waals surface area contributed by atoms with E-state index in [-0.39, 0.29) is 12.1 Å². The van der Waals surface area contributed by atoms with Gasteiger partial charge < -0.3 is 25.0 Å². The van der Waals surface area contributed by atoms with Crippen LogP contribution in [0.15, 0.2) is 60.7 Å². The number of anilines is 3. The highest BCUT2D eigenvalue weighted by molar-refractivity contribution is 5.90. The number of hydrogen-bond acceptors (Lipinski definition) is 8. The summed E-state index contributed by atoms with van der Waals surface area (Å²) in [5.41, 5.74) is 11.7. The summed E-state index contributed by atoms with van der Waals surface area (Å²) in [6, 6.07) is 20.8. The van der Waals surface area contributed by atoms with Crippen LogP contribution in [0.25, 0.3) is 33.4 Å². The smallest absolute Gasteiger partial charge is 0.229 e. The average molecular weight is 497 g/mol. The highest BCUT2D eigenvalue weighted by Gasteiger charge is 2.27. The third-order valence-electron chi connectivity index (χ3n) is 7.22. The van der Waals surface area contributed by atoms with Gasteiger partial charge in [-0.3, -0.25) is 0 Å². The molecule has 0 saturated carbocycles. The third-order valence-corrected chi connectivity index (χ3v) is 7.22. The molecule has 2 aliphatic heterocycles. The summed E-state index contributed by atoms with van der Waals surface area (Å²) >= 11 is 0. The molecule has 37 heavy (non-hydrogen) atoms. The molecule has 8 nitrogen and oxygen atoms in total. The van der Waals surface area contributed by atoms with Crippen molar-refractivity contribution in [2.45, 2.75) is 25.9 Å². The maximum Gasteiger partial charge on any atom is 0.229 e. The quantitative estimate of drug-likeness (QED) is 0.416. The number of ether oxygens (including phenoxy) is 2. The lowest BCUT2D eigenvalue weighted by Crippen LogP contribution is -2.46. The van der Waals surface area contributed by atoms with Crippen LogP contribution in [-0.4, -0.2) is 66.6 Å². The number of nitrogens with two attached hydrogens (primary N) is 1.